The van der Waals surface area contributed by atoms with Crippen molar-refractivity contribution in [1.29, 1.82) is 0 Å². The first-order valence-electron chi connectivity index (χ1n) is 7.40. The summed E-state index contributed by atoms with van der Waals surface area (Å²) in [7, 11) is 0. The molecule has 1 heterocycles. The topological polar surface area (TPSA) is 81.7 Å². The molecule has 0 spiro atoms. The number of aliphatic carboxylic acids is 1. The number of hydrogen-bond donors (Lipinski definition) is 3. The molecule has 6 nitrogen and oxygen atoms in total. The number of rotatable bonds is 7. The number of carboxylic acid groups (broad SMARTS) is 1. The van der Waals surface area contributed by atoms with Gasteiger partial charge in [0.1, 0.15) is 0 Å². The lowest BCUT2D eigenvalue weighted by atomic mass is 9.96. The first-order valence-corrected chi connectivity index (χ1v) is 7.40. The number of carboxylic acids is 1. The van der Waals surface area contributed by atoms with Crippen LogP contribution < -0.4 is 10.6 Å². The van der Waals surface area contributed by atoms with E-state index in [4.69, 9.17) is 5.11 Å². The number of urea groups is 1. The Balaban J connectivity index is 2.24. The second-order valence-corrected chi connectivity index (χ2v) is 5.87. The zero-order valence-corrected chi connectivity index (χ0v) is 12.7. The first kappa shape index (κ1) is 16.8. The van der Waals surface area contributed by atoms with Gasteiger partial charge < -0.3 is 15.7 Å². The molecule has 3 N–H and O–H groups in total. The quantitative estimate of drug-likeness (QED) is 0.655. The highest BCUT2D eigenvalue weighted by Crippen LogP contribution is 2.11. The van der Waals surface area contributed by atoms with Crippen LogP contribution in [-0.4, -0.2) is 54.2 Å². The van der Waals surface area contributed by atoms with Crippen LogP contribution in [0.3, 0.4) is 0 Å². The fourth-order valence-corrected chi connectivity index (χ4v) is 2.43. The van der Waals surface area contributed by atoms with Crippen molar-refractivity contribution in [2.75, 3.05) is 26.2 Å². The van der Waals surface area contributed by atoms with Crippen LogP contribution in [0.25, 0.3) is 0 Å². The van der Waals surface area contributed by atoms with Crippen molar-refractivity contribution in [3.63, 3.8) is 0 Å². The fourth-order valence-electron chi connectivity index (χ4n) is 2.43. The Kier molecular flexibility index (Phi) is 6.78. The van der Waals surface area contributed by atoms with E-state index in [1.54, 1.807) is 0 Å². The largest absolute Gasteiger partial charge is 0.481 e. The summed E-state index contributed by atoms with van der Waals surface area (Å²) < 4.78 is 0. The predicted molar refractivity (Wildman–Crippen MR) is 77.6 cm³/mol. The highest BCUT2D eigenvalue weighted by molar-refractivity contribution is 5.75. The van der Waals surface area contributed by atoms with E-state index < -0.39 is 11.9 Å². The summed E-state index contributed by atoms with van der Waals surface area (Å²) in [5.41, 5.74) is 0. The van der Waals surface area contributed by atoms with E-state index >= 15 is 0 Å². The number of amides is 2. The van der Waals surface area contributed by atoms with Gasteiger partial charge in [-0.1, -0.05) is 13.8 Å². The van der Waals surface area contributed by atoms with Crippen molar-refractivity contribution >= 4 is 12.0 Å². The molecule has 116 valence electrons. The van der Waals surface area contributed by atoms with E-state index in [1.807, 2.05) is 13.8 Å². The summed E-state index contributed by atoms with van der Waals surface area (Å²) in [6.45, 7) is 8.72. The van der Waals surface area contributed by atoms with E-state index in [-0.39, 0.29) is 18.5 Å². The van der Waals surface area contributed by atoms with E-state index in [2.05, 4.69) is 22.5 Å². The number of carbonyl (C=O) groups excluding carboxylic acids is 1. The van der Waals surface area contributed by atoms with E-state index in [1.165, 1.54) is 12.8 Å². The zero-order valence-electron chi connectivity index (χ0n) is 12.7. The third-order valence-corrected chi connectivity index (χ3v) is 3.93. The average molecular weight is 285 g/mol. The molecule has 2 amide bonds. The summed E-state index contributed by atoms with van der Waals surface area (Å²) in [6, 6.07) is 0.0339. The van der Waals surface area contributed by atoms with Gasteiger partial charge in [-0.15, -0.1) is 0 Å². The Hall–Kier alpha value is -1.30. The van der Waals surface area contributed by atoms with Crippen molar-refractivity contribution < 1.29 is 14.7 Å². The van der Waals surface area contributed by atoms with Crippen molar-refractivity contribution in [3.8, 4) is 0 Å². The Morgan fingerprint density at radius 1 is 1.10 bits per heavy atom. The molecule has 6 heteroatoms. The molecule has 1 saturated heterocycles. The zero-order chi connectivity index (χ0) is 15.1. The molecule has 2 unspecified atom stereocenters. The SMILES string of the molecule is CC(C)C(CNC(=O)NCC(C)N1CCCC1)C(=O)O. The highest BCUT2D eigenvalue weighted by atomic mass is 16.4. The van der Waals surface area contributed by atoms with Crippen LogP contribution in [0.2, 0.25) is 0 Å². The molecule has 0 bridgehead atoms. The van der Waals surface area contributed by atoms with Crippen molar-refractivity contribution in [1.82, 2.24) is 15.5 Å². The minimum absolute atomic E-state index is 0.00340. The average Bonchev–Trinajstić information content (AvgIpc) is 2.89. The van der Waals surface area contributed by atoms with Gasteiger partial charge in [-0.3, -0.25) is 9.69 Å². The minimum Gasteiger partial charge on any atom is -0.481 e. The lowest BCUT2D eigenvalue weighted by Crippen LogP contribution is -2.46. The van der Waals surface area contributed by atoms with Gasteiger partial charge in [0.2, 0.25) is 0 Å². The van der Waals surface area contributed by atoms with Gasteiger partial charge in [0.25, 0.3) is 0 Å². The predicted octanol–water partition coefficient (Wildman–Crippen LogP) is 1.13. The molecule has 1 aliphatic heterocycles. The number of hydrogen-bond acceptors (Lipinski definition) is 3. The Morgan fingerprint density at radius 2 is 1.65 bits per heavy atom. The van der Waals surface area contributed by atoms with Crippen LogP contribution in [0.1, 0.15) is 33.6 Å². The van der Waals surface area contributed by atoms with Gasteiger partial charge in [-0.25, -0.2) is 4.79 Å². The Bertz CT molecular complexity index is 328. The Labute approximate surface area is 120 Å². The number of likely N-dealkylation sites (tertiary alicyclic amines) is 1. The maximum atomic E-state index is 11.7. The summed E-state index contributed by atoms with van der Waals surface area (Å²) in [6.07, 6.45) is 2.45. The lowest BCUT2D eigenvalue weighted by molar-refractivity contribution is -0.142. The van der Waals surface area contributed by atoms with Gasteiger partial charge in [-0.05, 0) is 38.8 Å². The molecule has 0 aliphatic carbocycles. The normalized spacial score (nSPS) is 18.8. The van der Waals surface area contributed by atoms with Crippen LogP contribution in [0.15, 0.2) is 0 Å². The van der Waals surface area contributed by atoms with E-state index in [0.717, 1.165) is 13.1 Å². The minimum atomic E-state index is -0.870. The maximum Gasteiger partial charge on any atom is 0.314 e. The van der Waals surface area contributed by atoms with Gasteiger partial charge in [0, 0.05) is 19.1 Å². The highest BCUT2D eigenvalue weighted by Gasteiger charge is 2.22. The van der Waals surface area contributed by atoms with Crippen LogP contribution in [-0.2, 0) is 4.79 Å². The van der Waals surface area contributed by atoms with E-state index in [0.29, 0.717) is 12.6 Å². The van der Waals surface area contributed by atoms with Crippen molar-refractivity contribution in [3.05, 3.63) is 0 Å². The molecule has 20 heavy (non-hydrogen) atoms. The van der Waals surface area contributed by atoms with Crippen LogP contribution in [0, 0.1) is 11.8 Å². The second-order valence-electron chi connectivity index (χ2n) is 5.87. The molecule has 0 aromatic carbocycles. The monoisotopic (exact) mass is 285 g/mol. The third-order valence-electron chi connectivity index (χ3n) is 3.93. The fraction of sp³-hybridized carbons (Fsp3) is 0.857. The van der Waals surface area contributed by atoms with Crippen molar-refractivity contribution in [2.24, 2.45) is 11.8 Å². The first-order chi connectivity index (χ1) is 9.41. The van der Waals surface area contributed by atoms with Gasteiger partial charge in [0.15, 0.2) is 0 Å². The molecule has 1 rings (SSSR count). The van der Waals surface area contributed by atoms with E-state index in [9.17, 15) is 9.59 Å². The third kappa shape index (κ3) is 5.36. The molecule has 1 aliphatic rings. The molecule has 2 atom stereocenters. The summed E-state index contributed by atoms with van der Waals surface area (Å²) in [5.74, 6) is -1.42. The molecule has 0 aromatic heterocycles. The van der Waals surface area contributed by atoms with Crippen LogP contribution >= 0.6 is 0 Å². The standard InChI is InChI=1S/C14H27N3O3/c1-10(2)12(13(18)19)9-16-14(20)15-8-11(3)17-6-4-5-7-17/h10-12H,4-9H2,1-3H3,(H,18,19)(H2,15,16,20). The van der Waals surface area contributed by atoms with Gasteiger partial charge >= 0.3 is 12.0 Å². The molecule has 0 radical (unpaired) electrons. The van der Waals surface area contributed by atoms with Gasteiger partial charge in [-0.2, -0.15) is 0 Å². The second kappa shape index (κ2) is 8.09. The number of nitrogens with zero attached hydrogens (tertiary/aromatic N) is 1. The molecule has 0 saturated carbocycles. The summed E-state index contributed by atoms with van der Waals surface area (Å²) >= 11 is 0. The smallest absolute Gasteiger partial charge is 0.314 e. The number of carbonyl (C=O) groups is 2. The summed E-state index contributed by atoms with van der Waals surface area (Å²) in [5, 5.41) is 14.5. The Morgan fingerprint density at radius 3 is 2.15 bits per heavy atom. The molecular weight excluding hydrogens is 258 g/mol. The molecule has 0 aromatic rings. The summed E-state index contributed by atoms with van der Waals surface area (Å²) in [4.78, 5) is 25.0. The molecular formula is C14H27N3O3. The number of nitrogens with one attached hydrogen (secondary N) is 2. The van der Waals surface area contributed by atoms with Gasteiger partial charge in [0.05, 0.1) is 5.92 Å². The van der Waals surface area contributed by atoms with Crippen LogP contribution in [0.4, 0.5) is 4.79 Å². The van der Waals surface area contributed by atoms with Crippen LogP contribution in [0.5, 0.6) is 0 Å². The maximum absolute atomic E-state index is 11.7. The van der Waals surface area contributed by atoms with Crippen molar-refractivity contribution in [2.45, 2.75) is 39.7 Å². The lowest BCUT2D eigenvalue weighted by Gasteiger charge is -2.24. The molecule has 1 fully saturated rings.